The second kappa shape index (κ2) is 5.32. The first kappa shape index (κ1) is 13.4. The van der Waals surface area contributed by atoms with Gasteiger partial charge in [-0.2, -0.15) is 0 Å². The fraction of sp³-hybridized carbons (Fsp3) is 0.0714. The highest BCUT2D eigenvalue weighted by Crippen LogP contribution is 2.26. The van der Waals surface area contributed by atoms with E-state index in [2.05, 4.69) is 0 Å². The summed E-state index contributed by atoms with van der Waals surface area (Å²) >= 11 is 4.75. The number of rotatable bonds is 3. The van der Waals surface area contributed by atoms with Gasteiger partial charge in [-0.1, -0.05) is 12.2 Å². The van der Waals surface area contributed by atoms with E-state index in [1.54, 1.807) is 13.0 Å². The zero-order valence-electron chi connectivity index (χ0n) is 10.1. The van der Waals surface area contributed by atoms with Crippen molar-refractivity contribution in [3.05, 3.63) is 59.2 Å². The maximum atomic E-state index is 13.8. The maximum Gasteiger partial charge on any atom is 0.166 e. The van der Waals surface area contributed by atoms with E-state index in [4.69, 9.17) is 22.7 Å². The monoisotopic (exact) mass is 279 g/mol. The zero-order chi connectivity index (χ0) is 14.0. The molecule has 0 spiro atoms. The van der Waals surface area contributed by atoms with E-state index < -0.39 is 5.82 Å². The van der Waals surface area contributed by atoms with Gasteiger partial charge in [0.15, 0.2) is 11.6 Å². The van der Waals surface area contributed by atoms with Gasteiger partial charge in [0.1, 0.15) is 16.6 Å². The van der Waals surface area contributed by atoms with Crippen molar-refractivity contribution in [2.75, 3.05) is 0 Å². The van der Waals surface area contributed by atoms with Crippen LogP contribution in [0.5, 0.6) is 11.5 Å². The van der Waals surface area contributed by atoms with E-state index in [0.29, 0.717) is 16.9 Å². The third kappa shape index (κ3) is 3.06. The Morgan fingerprint density at radius 1 is 1.11 bits per heavy atom. The van der Waals surface area contributed by atoms with Gasteiger partial charge in [0.25, 0.3) is 0 Å². The Labute approximate surface area is 114 Å². The Kier molecular flexibility index (Phi) is 3.76. The van der Waals surface area contributed by atoms with Gasteiger partial charge in [0.2, 0.25) is 0 Å². The Morgan fingerprint density at radius 3 is 2.42 bits per heavy atom. The molecular weight excluding hydrogens is 268 g/mol. The summed E-state index contributed by atoms with van der Waals surface area (Å²) in [7, 11) is 0. The lowest BCUT2D eigenvalue weighted by Crippen LogP contribution is -2.09. The minimum Gasteiger partial charge on any atom is -0.454 e. The quantitative estimate of drug-likeness (QED) is 0.870. The molecule has 0 unspecified atom stereocenters. The van der Waals surface area contributed by atoms with Crippen LogP contribution in [-0.2, 0) is 0 Å². The van der Waals surface area contributed by atoms with Gasteiger partial charge in [-0.3, -0.25) is 0 Å². The number of halogens is 2. The molecule has 0 fully saturated rings. The highest BCUT2D eigenvalue weighted by Gasteiger charge is 2.08. The summed E-state index contributed by atoms with van der Waals surface area (Å²) in [5.74, 6) is -0.518. The average Bonchev–Trinajstić information content (AvgIpc) is 2.36. The molecule has 0 aliphatic carbocycles. The van der Waals surface area contributed by atoms with Crippen LogP contribution < -0.4 is 10.5 Å². The first-order valence-electron chi connectivity index (χ1n) is 5.51. The van der Waals surface area contributed by atoms with Gasteiger partial charge in [-0.25, -0.2) is 8.78 Å². The highest BCUT2D eigenvalue weighted by atomic mass is 32.1. The fourth-order valence-corrected chi connectivity index (χ4v) is 1.67. The van der Waals surface area contributed by atoms with Crippen molar-refractivity contribution in [2.45, 2.75) is 6.92 Å². The number of nitrogens with two attached hydrogens (primary N) is 1. The summed E-state index contributed by atoms with van der Waals surface area (Å²) < 4.78 is 32.2. The number of ether oxygens (including phenoxy) is 1. The fourth-order valence-electron chi connectivity index (χ4n) is 1.54. The highest BCUT2D eigenvalue weighted by molar-refractivity contribution is 7.80. The average molecular weight is 279 g/mol. The van der Waals surface area contributed by atoms with Crippen molar-refractivity contribution in [3.63, 3.8) is 0 Å². The van der Waals surface area contributed by atoms with Crippen molar-refractivity contribution in [3.8, 4) is 11.5 Å². The summed E-state index contributed by atoms with van der Waals surface area (Å²) in [6.07, 6.45) is 0. The van der Waals surface area contributed by atoms with Crippen molar-refractivity contribution in [2.24, 2.45) is 5.73 Å². The summed E-state index contributed by atoms with van der Waals surface area (Å²) in [5, 5.41) is 0. The number of benzene rings is 2. The van der Waals surface area contributed by atoms with Gasteiger partial charge < -0.3 is 10.5 Å². The second-order valence-corrected chi connectivity index (χ2v) is 4.46. The summed E-state index contributed by atoms with van der Waals surface area (Å²) in [6, 6.07) is 8.40. The molecule has 0 bridgehead atoms. The summed E-state index contributed by atoms with van der Waals surface area (Å²) in [6.45, 7) is 1.61. The molecule has 0 radical (unpaired) electrons. The SMILES string of the molecule is Cc1cc(Oc2ccc(C(N)=S)cc2F)ccc1F. The topological polar surface area (TPSA) is 35.2 Å². The normalized spacial score (nSPS) is 10.3. The number of hydrogen-bond acceptors (Lipinski definition) is 2. The smallest absolute Gasteiger partial charge is 0.166 e. The van der Waals surface area contributed by atoms with Gasteiger partial charge in [0, 0.05) is 5.56 Å². The largest absolute Gasteiger partial charge is 0.454 e. The number of hydrogen-bond donors (Lipinski definition) is 1. The predicted molar refractivity (Wildman–Crippen MR) is 73.5 cm³/mol. The van der Waals surface area contributed by atoms with E-state index in [0.717, 1.165) is 0 Å². The Bertz CT molecular complexity index is 643. The molecule has 2 rings (SSSR count). The molecule has 2 nitrogen and oxygen atoms in total. The van der Waals surface area contributed by atoms with E-state index >= 15 is 0 Å². The molecule has 0 amide bonds. The molecule has 98 valence electrons. The molecule has 2 N–H and O–H groups in total. The van der Waals surface area contributed by atoms with Crippen LogP contribution in [0.4, 0.5) is 8.78 Å². The van der Waals surface area contributed by atoms with Crippen molar-refractivity contribution in [1.29, 1.82) is 0 Å². The van der Waals surface area contributed by atoms with Crippen molar-refractivity contribution >= 4 is 17.2 Å². The third-order valence-corrected chi connectivity index (χ3v) is 2.81. The van der Waals surface area contributed by atoms with Crippen LogP contribution in [0.15, 0.2) is 36.4 Å². The Morgan fingerprint density at radius 2 is 1.84 bits per heavy atom. The van der Waals surface area contributed by atoms with Gasteiger partial charge in [-0.15, -0.1) is 0 Å². The van der Waals surface area contributed by atoms with E-state index in [9.17, 15) is 8.78 Å². The van der Waals surface area contributed by atoms with Crippen LogP contribution in [0.1, 0.15) is 11.1 Å². The van der Waals surface area contributed by atoms with Gasteiger partial charge in [0.05, 0.1) is 0 Å². The molecule has 2 aromatic carbocycles. The van der Waals surface area contributed by atoms with Crippen LogP contribution in [-0.4, -0.2) is 4.99 Å². The molecule has 19 heavy (non-hydrogen) atoms. The molecule has 5 heteroatoms. The van der Waals surface area contributed by atoms with Crippen LogP contribution >= 0.6 is 12.2 Å². The van der Waals surface area contributed by atoms with E-state index in [1.165, 1.54) is 30.3 Å². The second-order valence-electron chi connectivity index (χ2n) is 4.02. The zero-order valence-corrected chi connectivity index (χ0v) is 10.9. The lowest BCUT2D eigenvalue weighted by molar-refractivity contribution is 0.440. The number of thiocarbonyl (C=S) groups is 1. The molecular formula is C14H11F2NOS. The van der Waals surface area contributed by atoms with E-state index in [-0.39, 0.29) is 16.6 Å². The maximum absolute atomic E-state index is 13.8. The lowest BCUT2D eigenvalue weighted by atomic mass is 10.2. The first-order valence-corrected chi connectivity index (χ1v) is 5.91. The predicted octanol–water partition coefficient (Wildman–Crippen LogP) is 3.70. The van der Waals surface area contributed by atoms with Crippen LogP contribution in [0.25, 0.3) is 0 Å². The van der Waals surface area contributed by atoms with Crippen molar-refractivity contribution in [1.82, 2.24) is 0 Å². The van der Waals surface area contributed by atoms with Gasteiger partial charge in [-0.05, 0) is 48.9 Å². The molecule has 0 saturated carbocycles. The van der Waals surface area contributed by atoms with Gasteiger partial charge >= 0.3 is 0 Å². The van der Waals surface area contributed by atoms with Crippen LogP contribution in [0, 0.1) is 18.6 Å². The minimum atomic E-state index is -0.577. The molecule has 0 aliphatic heterocycles. The van der Waals surface area contributed by atoms with Crippen LogP contribution in [0.2, 0.25) is 0 Å². The minimum absolute atomic E-state index is 0.0333. The Hall–Kier alpha value is -2.01. The molecule has 0 aromatic heterocycles. The Balaban J connectivity index is 2.28. The lowest BCUT2D eigenvalue weighted by Gasteiger charge is -2.09. The third-order valence-electron chi connectivity index (χ3n) is 2.57. The summed E-state index contributed by atoms with van der Waals surface area (Å²) in [4.78, 5) is 0.114. The number of aryl methyl sites for hydroxylation is 1. The molecule has 0 saturated heterocycles. The van der Waals surface area contributed by atoms with E-state index in [1.807, 2.05) is 0 Å². The van der Waals surface area contributed by atoms with Crippen molar-refractivity contribution < 1.29 is 13.5 Å². The standard InChI is InChI=1S/C14H11F2NOS/c1-8-6-10(3-4-11(8)15)18-13-5-2-9(14(17)19)7-12(13)16/h2-7H,1H3,(H2,17,19). The molecule has 0 aliphatic rings. The summed E-state index contributed by atoms with van der Waals surface area (Å²) in [5.41, 5.74) is 6.26. The molecule has 2 aromatic rings. The molecule has 0 heterocycles. The first-order chi connectivity index (χ1) is 8.97. The molecule has 0 atom stereocenters. The van der Waals surface area contributed by atoms with Crippen LogP contribution in [0.3, 0.4) is 0 Å².